The molecule has 7 nitrogen and oxygen atoms in total. The topological polar surface area (TPSA) is 97.1 Å². The molecule has 26 heavy (non-hydrogen) atoms. The van der Waals surface area contributed by atoms with Crippen molar-refractivity contribution >= 4 is 22.8 Å². The number of nitrogens with zero attached hydrogens (tertiary/aromatic N) is 3. The van der Waals surface area contributed by atoms with Crippen LogP contribution >= 0.6 is 0 Å². The maximum absolute atomic E-state index is 12.5. The molecule has 1 amide bonds. The third kappa shape index (κ3) is 3.42. The molecule has 0 aliphatic carbocycles. The molecule has 0 aliphatic heterocycles. The second kappa shape index (κ2) is 7.35. The van der Waals surface area contributed by atoms with Gasteiger partial charge in [-0.3, -0.25) is 4.79 Å². The van der Waals surface area contributed by atoms with E-state index in [1.165, 1.54) is 6.20 Å². The summed E-state index contributed by atoms with van der Waals surface area (Å²) in [6, 6.07) is 10.6. The second-order valence-electron chi connectivity index (χ2n) is 6.07. The summed E-state index contributed by atoms with van der Waals surface area (Å²) < 4.78 is 1.58. The van der Waals surface area contributed by atoms with Crippen molar-refractivity contribution in [3.63, 3.8) is 0 Å². The summed E-state index contributed by atoms with van der Waals surface area (Å²) in [7, 11) is 0. The van der Waals surface area contributed by atoms with Gasteiger partial charge in [0.15, 0.2) is 5.82 Å². The summed E-state index contributed by atoms with van der Waals surface area (Å²) in [5.41, 5.74) is 1.77. The third-order valence-corrected chi connectivity index (χ3v) is 4.24. The molecule has 0 aliphatic rings. The van der Waals surface area contributed by atoms with E-state index in [9.17, 15) is 14.7 Å². The number of hydrogen-bond donors (Lipinski definition) is 2. The molecule has 3 rings (SSSR count). The molecule has 7 heteroatoms. The highest BCUT2D eigenvalue weighted by molar-refractivity contribution is 5.97. The fraction of sp³-hybridized carbons (Fsp3) is 0.263. The lowest BCUT2D eigenvalue weighted by molar-refractivity contribution is -0.139. The van der Waals surface area contributed by atoms with Crippen LogP contribution in [0.3, 0.4) is 0 Å². The highest BCUT2D eigenvalue weighted by atomic mass is 16.4. The SMILES string of the molecule is CCCC(NC(=O)c1cnn(-c2ccc3ccccc3n2)c1C)C(=O)O. The highest BCUT2D eigenvalue weighted by Gasteiger charge is 2.22. The maximum Gasteiger partial charge on any atom is 0.326 e. The fourth-order valence-corrected chi connectivity index (χ4v) is 2.82. The van der Waals surface area contributed by atoms with E-state index < -0.39 is 17.9 Å². The van der Waals surface area contributed by atoms with E-state index in [0.29, 0.717) is 29.9 Å². The largest absolute Gasteiger partial charge is 0.480 e. The van der Waals surface area contributed by atoms with Gasteiger partial charge < -0.3 is 10.4 Å². The van der Waals surface area contributed by atoms with Crippen LogP contribution in [0.1, 0.15) is 35.8 Å². The molecule has 3 aromatic rings. The molecule has 0 spiro atoms. The first-order valence-electron chi connectivity index (χ1n) is 8.45. The fourth-order valence-electron chi connectivity index (χ4n) is 2.82. The van der Waals surface area contributed by atoms with Crippen LogP contribution in [0.25, 0.3) is 16.7 Å². The molecule has 134 valence electrons. The van der Waals surface area contributed by atoms with Crippen molar-refractivity contribution in [1.29, 1.82) is 0 Å². The van der Waals surface area contributed by atoms with Crippen molar-refractivity contribution in [3.05, 3.63) is 53.9 Å². The minimum absolute atomic E-state index is 0.335. The van der Waals surface area contributed by atoms with Gasteiger partial charge in [-0.2, -0.15) is 5.10 Å². The summed E-state index contributed by atoms with van der Waals surface area (Å²) in [6.45, 7) is 3.63. The van der Waals surface area contributed by atoms with Crippen molar-refractivity contribution in [3.8, 4) is 5.82 Å². The van der Waals surface area contributed by atoms with Gasteiger partial charge in [-0.05, 0) is 31.5 Å². The lowest BCUT2D eigenvalue weighted by Gasteiger charge is -2.13. The van der Waals surface area contributed by atoms with Gasteiger partial charge in [0.2, 0.25) is 0 Å². The molecule has 0 bridgehead atoms. The molecule has 1 aromatic carbocycles. The molecule has 0 saturated heterocycles. The van der Waals surface area contributed by atoms with Gasteiger partial charge >= 0.3 is 5.97 Å². The van der Waals surface area contributed by atoms with Gasteiger partial charge in [-0.15, -0.1) is 0 Å². The summed E-state index contributed by atoms with van der Waals surface area (Å²) in [5.74, 6) is -0.888. The number of fused-ring (bicyclic) bond motifs is 1. The number of hydrogen-bond acceptors (Lipinski definition) is 4. The van der Waals surface area contributed by atoms with E-state index in [1.807, 2.05) is 43.3 Å². The minimum atomic E-state index is -1.04. The maximum atomic E-state index is 12.5. The number of carboxylic acids is 1. The Morgan fingerprint density at radius 1 is 1.23 bits per heavy atom. The van der Waals surface area contributed by atoms with Gasteiger partial charge in [0.1, 0.15) is 6.04 Å². The smallest absolute Gasteiger partial charge is 0.326 e. The summed E-state index contributed by atoms with van der Waals surface area (Å²) >= 11 is 0. The van der Waals surface area contributed by atoms with Crippen LogP contribution in [-0.2, 0) is 4.79 Å². The normalized spacial score (nSPS) is 12.1. The predicted octanol–water partition coefficient (Wildman–Crippen LogP) is 2.71. The number of rotatable bonds is 6. The van der Waals surface area contributed by atoms with Gasteiger partial charge in [0.05, 0.1) is 23.0 Å². The van der Waals surface area contributed by atoms with Crippen LogP contribution < -0.4 is 5.32 Å². The molecule has 0 fully saturated rings. The number of amides is 1. The lowest BCUT2D eigenvalue weighted by Crippen LogP contribution is -2.40. The molecule has 2 N–H and O–H groups in total. The van der Waals surface area contributed by atoms with Crippen molar-refractivity contribution in [2.45, 2.75) is 32.7 Å². The van der Waals surface area contributed by atoms with E-state index in [-0.39, 0.29) is 0 Å². The van der Waals surface area contributed by atoms with Crippen LogP contribution in [0.15, 0.2) is 42.6 Å². The summed E-state index contributed by atoms with van der Waals surface area (Å²) in [5, 5.41) is 17.0. The Morgan fingerprint density at radius 2 is 2.00 bits per heavy atom. The first kappa shape index (κ1) is 17.6. The van der Waals surface area contributed by atoms with Crippen molar-refractivity contribution in [2.75, 3.05) is 0 Å². The van der Waals surface area contributed by atoms with E-state index in [2.05, 4.69) is 15.4 Å². The molecular weight excluding hydrogens is 332 g/mol. The van der Waals surface area contributed by atoms with Crippen LogP contribution in [-0.4, -0.2) is 37.8 Å². The number of nitrogens with one attached hydrogen (secondary N) is 1. The Kier molecular flexibility index (Phi) is 4.97. The number of aliphatic carboxylic acids is 1. The number of aromatic nitrogens is 3. The Bertz CT molecular complexity index is 964. The molecule has 0 radical (unpaired) electrons. The minimum Gasteiger partial charge on any atom is -0.480 e. The number of para-hydroxylation sites is 1. The van der Waals surface area contributed by atoms with Crippen LogP contribution in [0.5, 0.6) is 0 Å². The van der Waals surface area contributed by atoms with Gasteiger partial charge in [0.25, 0.3) is 5.91 Å². The second-order valence-corrected chi connectivity index (χ2v) is 6.07. The van der Waals surface area contributed by atoms with E-state index in [0.717, 1.165) is 10.9 Å². The highest BCUT2D eigenvalue weighted by Crippen LogP contribution is 2.17. The summed E-state index contributed by atoms with van der Waals surface area (Å²) in [6.07, 6.45) is 2.48. The number of benzene rings is 1. The molecular formula is C19H20N4O3. The monoisotopic (exact) mass is 352 g/mol. The van der Waals surface area contributed by atoms with Crippen molar-refractivity contribution in [2.24, 2.45) is 0 Å². The Balaban J connectivity index is 1.89. The first-order chi connectivity index (χ1) is 12.5. The van der Waals surface area contributed by atoms with E-state index >= 15 is 0 Å². The Labute approximate surface area is 150 Å². The number of pyridine rings is 1. The van der Waals surface area contributed by atoms with Crippen LogP contribution in [0.4, 0.5) is 0 Å². The lowest BCUT2D eigenvalue weighted by atomic mass is 10.1. The van der Waals surface area contributed by atoms with Gasteiger partial charge in [0, 0.05) is 5.39 Å². The first-order valence-corrected chi connectivity index (χ1v) is 8.45. The van der Waals surface area contributed by atoms with Crippen LogP contribution in [0, 0.1) is 6.92 Å². The number of carbonyl (C=O) groups is 2. The number of carbonyl (C=O) groups excluding carboxylic acids is 1. The zero-order chi connectivity index (χ0) is 18.7. The zero-order valence-corrected chi connectivity index (χ0v) is 14.6. The standard InChI is InChI=1S/C19H20N4O3/c1-3-6-16(19(25)26)22-18(24)14-11-20-23(12(14)2)17-10-9-13-7-4-5-8-15(13)21-17/h4-5,7-11,16H,3,6H2,1-2H3,(H,22,24)(H,25,26). The number of carboxylic acid groups (broad SMARTS) is 1. The molecule has 0 saturated carbocycles. The third-order valence-electron chi connectivity index (χ3n) is 4.24. The predicted molar refractivity (Wildman–Crippen MR) is 97.4 cm³/mol. The Morgan fingerprint density at radius 3 is 2.73 bits per heavy atom. The molecule has 2 heterocycles. The molecule has 1 unspecified atom stereocenters. The molecule has 2 aromatic heterocycles. The zero-order valence-electron chi connectivity index (χ0n) is 14.6. The summed E-state index contributed by atoms with van der Waals surface area (Å²) in [4.78, 5) is 28.3. The molecule has 1 atom stereocenters. The van der Waals surface area contributed by atoms with E-state index in [1.54, 1.807) is 11.6 Å². The van der Waals surface area contributed by atoms with Crippen molar-refractivity contribution < 1.29 is 14.7 Å². The van der Waals surface area contributed by atoms with Crippen LogP contribution in [0.2, 0.25) is 0 Å². The Hall–Kier alpha value is -3.22. The van der Waals surface area contributed by atoms with Gasteiger partial charge in [-0.25, -0.2) is 14.5 Å². The average molecular weight is 352 g/mol. The van der Waals surface area contributed by atoms with Gasteiger partial charge in [-0.1, -0.05) is 31.5 Å². The van der Waals surface area contributed by atoms with E-state index in [4.69, 9.17) is 0 Å². The average Bonchev–Trinajstić information content (AvgIpc) is 3.02. The quantitative estimate of drug-likeness (QED) is 0.711. The van der Waals surface area contributed by atoms with Crippen molar-refractivity contribution in [1.82, 2.24) is 20.1 Å².